The summed E-state index contributed by atoms with van der Waals surface area (Å²) in [7, 11) is 0. The lowest BCUT2D eigenvalue weighted by Gasteiger charge is -2.12. The van der Waals surface area contributed by atoms with E-state index in [0.717, 1.165) is 12.8 Å². The predicted octanol–water partition coefficient (Wildman–Crippen LogP) is 6.10. The van der Waals surface area contributed by atoms with Crippen molar-refractivity contribution in [3.05, 3.63) is 71.6 Å². The highest BCUT2D eigenvalue weighted by atomic mass is 19.2. The Kier molecular flexibility index (Phi) is 7.58. The van der Waals surface area contributed by atoms with E-state index in [0.29, 0.717) is 0 Å². The Morgan fingerprint density at radius 2 is 2.00 bits per heavy atom. The molecule has 1 aliphatic rings. The summed E-state index contributed by atoms with van der Waals surface area (Å²) in [6.07, 6.45) is 12.9. The van der Waals surface area contributed by atoms with Gasteiger partial charge < -0.3 is 4.74 Å². The monoisotopic (exact) mass is 306 g/mol. The molecule has 1 unspecified atom stereocenters. The average molecular weight is 306 g/mol. The van der Waals surface area contributed by atoms with Crippen LogP contribution in [0.25, 0.3) is 0 Å². The van der Waals surface area contributed by atoms with Crippen LogP contribution >= 0.6 is 0 Å². The maximum absolute atomic E-state index is 14.3. The molecule has 0 N–H and O–H groups in total. The zero-order chi connectivity index (χ0) is 16.5. The van der Waals surface area contributed by atoms with Gasteiger partial charge in [0.25, 0.3) is 0 Å². The molecule has 0 aliphatic heterocycles. The van der Waals surface area contributed by atoms with E-state index >= 15 is 0 Å². The van der Waals surface area contributed by atoms with Crippen LogP contribution in [-0.4, -0.2) is 6.61 Å². The number of allylic oxidation sites excluding steroid dienone is 10. The lowest BCUT2D eigenvalue weighted by atomic mass is 9.97. The van der Waals surface area contributed by atoms with Crippen LogP contribution < -0.4 is 0 Å². The zero-order valence-corrected chi connectivity index (χ0v) is 13.5. The highest BCUT2D eigenvalue weighted by Gasteiger charge is 2.19. The second-order valence-corrected chi connectivity index (χ2v) is 5.00. The fourth-order valence-corrected chi connectivity index (χ4v) is 2.16. The Bertz CT molecular complexity index is 548. The Balaban J connectivity index is 2.95. The summed E-state index contributed by atoms with van der Waals surface area (Å²) in [5.41, 5.74) is 1.26. The van der Waals surface area contributed by atoms with E-state index in [4.69, 9.17) is 4.74 Å². The van der Waals surface area contributed by atoms with Gasteiger partial charge >= 0.3 is 0 Å². The van der Waals surface area contributed by atoms with E-state index in [1.165, 1.54) is 11.6 Å². The molecule has 22 heavy (non-hydrogen) atoms. The second kappa shape index (κ2) is 9.19. The van der Waals surface area contributed by atoms with Crippen LogP contribution in [0, 0.1) is 5.92 Å². The van der Waals surface area contributed by atoms with E-state index in [-0.39, 0.29) is 23.9 Å². The van der Waals surface area contributed by atoms with E-state index in [9.17, 15) is 8.78 Å². The number of rotatable bonds is 7. The maximum atomic E-state index is 14.3. The highest BCUT2D eigenvalue weighted by Crippen LogP contribution is 2.30. The minimum Gasteiger partial charge on any atom is -0.491 e. The van der Waals surface area contributed by atoms with Crippen LogP contribution in [0.2, 0.25) is 0 Å². The molecular formula is C19H24F2O. The van der Waals surface area contributed by atoms with Crippen LogP contribution in [0.3, 0.4) is 0 Å². The largest absolute Gasteiger partial charge is 0.491 e. The van der Waals surface area contributed by atoms with Crippen molar-refractivity contribution in [3.63, 3.8) is 0 Å². The van der Waals surface area contributed by atoms with Gasteiger partial charge in [0.05, 0.1) is 6.61 Å². The molecule has 0 heterocycles. The number of hydrogen-bond donors (Lipinski definition) is 0. The van der Waals surface area contributed by atoms with E-state index < -0.39 is 11.7 Å². The van der Waals surface area contributed by atoms with Gasteiger partial charge in [-0.25, -0.2) is 4.39 Å². The summed E-state index contributed by atoms with van der Waals surface area (Å²) in [5.74, 6) is -2.41. The molecule has 0 saturated carbocycles. The van der Waals surface area contributed by atoms with Gasteiger partial charge in [0, 0.05) is 5.92 Å². The Morgan fingerprint density at radius 1 is 1.27 bits per heavy atom. The molecule has 1 atom stereocenters. The number of halogens is 2. The summed E-state index contributed by atoms with van der Waals surface area (Å²) in [5, 5.41) is 0. The van der Waals surface area contributed by atoms with Gasteiger partial charge in [-0.2, -0.15) is 4.39 Å². The third-order valence-corrected chi connectivity index (χ3v) is 3.34. The van der Waals surface area contributed by atoms with Crippen LogP contribution in [-0.2, 0) is 4.74 Å². The van der Waals surface area contributed by atoms with Crippen molar-refractivity contribution in [2.24, 2.45) is 5.92 Å². The topological polar surface area (TPSA) is 9.23 Å². The minimum absolute atomic E-state index is 0.0903. The quantitative estimate of drug-likeness (QED) is 0.408. The average Bonchev–Trinajstić information content (AvgIpc) is 2.76. The van der Waals surface area contributed by atoms with Crippen molar-refractivity contribution in [1.82, 2.24) is 0 Å². The smallest absolute Gasteiger partial charge is 0.200 e. The van der Waals surface area contributed by atoms with Crippen molar-refractivity contribution in [2.45, 2.75) is 33.6 Å². The Morgan fingerprint density at radius 3 is 2.59 bits per heavy atom. The number of hydrogen-bond acceptors (Lipinski definition) is 1. The van der Waals surface area contributed by atoms with Crippen LogP contribution in [0.1, 0.15) is 33.6 Å². The van der Waals surface area contributed by atoms with Crippen molar-refractivity contribution in [2.75, 3.05) is 6.61 Å². The molecule has 0 amide bonds. The molecule has 0 radical (unpaired) electrons. The summed E-state index contributed by atoms with van der Waals surface area (Å²) in [6.45, 7) is 9.41. The standard InChI is InChI=1S/C19H24F2O/c1-5-9-15-10-8-11-16(13-12-15)14(4)18(20)19(21)17(6-2)22-7-3/h6,8,10-13,16H,4-5,7,9H2,1-3H3/b17-6+,19-18-. The number of ether oxygens (including phenoxy) is 1. The fourth-order valence-electron chi connectivity index (χ4n) is 2.16. The first-order chi connectivity index (χ1) is 10.5. The molecule has 0 saturated heterocycles. The Labute approximate surface area is 132 Å². The van der Waals surface area contributed by atoms with Crippen LogP contribution in [0.15, 0.2) is 71.6 Å². The van der Waals surface area contributed by atoms with Gasteiger partial charge in [-0.15, -0.1) is 0 Å². The molecule has 0 aromatic heterocycles. The zero-order valence-electron chi connectivity index (χ0n) is 13.5. The Hall–Kier alpha value is -1.90. The van der Waals surface area contributed by atoms with E-state index in [2.05, 4.69) is 13.5 Å². The molecule has 1 aliphatic carbocycles. The SMILES string of the molecule is C=C(/C(F)=C(F)\C(=C/C)OCC)C1C=CC=C(CCC)C=C1. The van der Waals surface area contributed by atoms with Crippen LogP contribution in [0.4, 0.5) is 8.78 Å². The van der Waals surface area contributed by atoms with E-state index in [1.807, 2.05) is 30.4 Å². The molecule has 0 aromatic carbocycles. The molecule has 0 bridgehead atoms. The highest BCUT2D eigenvalue weighted by molar-refractivity contribution is 5.41. The van der Waals surface area contributed by atoms with Crippen molar-refractivity contribution >= 4 is 0 Å². The second-order valence-electron chi connectivity index (χ2n) is 5.00. The fraction of sp³-hybridized carbons (Fsp3) is 0.368. The van der Waals surface area contributed by atoms with E-state index in [1.54, 1.807) is 13.8 Å². The van der Waals surface area contributed by atoms with Gasteiger partial charge in [0.2, 0.25) is 5.83 Å². The third-order valence-electron chi connectivity index (χ3n) is 3.34. The van der Waals surface area contributed by atoms with Gasteiger partial charge in [-0.05, 0) is 37.5 Å². The lowest BCUT2D eigenvalue weighted by molar-refractivity contribution is 0.221. The van der Waals surface area contributed by atoms with Gasteiger partial charge in [0.1, 0.15) is 0 Å². The van der Waals surface area contributed by atoms with Crippen molar-refractivity contribution < 1.29 is 13.5 Å². The summed E-state index contributed by atoms with van der Waals surface area (Å²) >= 11 is 0. The third kappa shape index (κ3) is 4.83. The lowest BCUT2D eigenvalue weighted by Crippen LogP contribution is -2.01. The maximum Gasteiger partial charge on any atom is 0.200 e. The van der Waals surface area contributed by atoms with Crippen molar-refractivity contribution in [1.29, 1.82) is 0 Å². The molecule has 3 heteroatoms. The predicted molar refractivity (Wildman–Crippen MR) is 88.5 cm³/mol. The van der Waals surface area contributed by atoms with Crippen LogP contribution in [0.5, 0.6) is 0 Å². The molecule has 0 fully saturated rings. The summed E-state index contributed by atoms with van der Waals surface area (Å²) in [4.78, 5) is 0. The molecule has 0 spiro atoms. The van der Waals surface area contributed by atoms with Gasteiger partial charge in [-0.3, -0.25) is 0 Å². The normalized spacial score (nSPS) is 19.4. The molecule has 1 rings (SSSR count). The minimum atomic E-state index is -0.998. The van der Waals surface area contributed by atoms with Crippen molar-refractivity contribution in [3.8, 4) is 0 Å². The molecule has 120 valence electrons. The summed E-state index contributed by atoms with van der Waals surface area (Å²) in [6, 6.07) is 0. The van der Waals surface area contributed by atoms with Gasteiger partial charge in [0.15, 0.2) is 11.6 Å². The molecule has 0 aromatic rings. The first-order valence-corrected chi connectivity index (χ1v) is 7.64. The molecular weight excluding hydrogens is 282 g/mol. The first kappa shape index (κ1) is 18.1. The summed E-state index contributed by atoms with van der Waals surface area (Å²) < 4.78 is 33.5. The van der Waals surface area contributed by atoms with Gasteiger partial charge in [-0.1, -0.05) is 50.3 Å². The first-order valence-electron chi connectivity index (χ1n) is 7.64. The molecule has 1 nitrogen and oxygen atoms in total.